The standard InChI is InChI=1S/C23H19BrN2O4/c24-21-10-9-14(12-25-21)20(11-22(27)28)26-23(29)30-13-19-17-7-3-1-5-15(17)16-6-2-4-8-18(16)19/h1-10,12,19-20H,11,13H2,(H,26,29)(H,27,28)/t20-/m1/s1. The van der Waals surface area contributed by atoms with Crippen LogP contribution in [0.5, 0.6) is 0 Å². The number of nitrogens with zero attached hydrogens (tertiary/aromatic N) is 1. The number of aromatic nitrogens is 1. The minimum absolute atomic E-state index is 0.0598. The number of nitrogens with one attached hydrogen (secondary N) is 1. The predicted molar refractivity (Wildman–Crippen MR) is 115 cm³/mol. The Balaban J connectivity index is 1.47. The number of carbonyl (C=O) groups is 2. The molecule has 1 atom stereocenters. The number of halogens is 1. The first kappa shape index (κ1) is 20.1. The second-order valence-corrected chi connectivity index (χ2v) is 7.85. The molecule has 152 valence electrons. The summed E-state index contributed by atoms with van der Waals surface area (Å²) in [7, 11) is 0. The van der Waals surface area contributed by atoms with Crippen molar-refractivity contribution >= 4 is 28.0 Å². The predicted octanol–water partition coefficient (Wildman–Crippen LogP) is 4.90. The van der Waals surface area contributed by atoms with Crippen molar-refractivity contribution < 1.29 is 19.4 Å². The van der Waals surface area contributed by atoms with Gasteiger partial charge < -0.3 is 15.2 Å². The third-order valence-corrected chi connectivity index (χ3v) is 5.64. The zero-order chi connectivity index (χ0) is 21.1. The fourth-order valence-electron chi connectivity index (χ4n) is 3.80. The molecule has 4 rings (SSSR count). The van der Waals surface area contributed by atoms with Crippen LogP contribution in [0, 0.1) is 0 Å². The Kier molecular flexibility index (Phi) is 5.81. The number of pyridine rings is 1. The largest absolute Gasteiger partial charge is 0.481 e. The highest BCUT2D eigenvalue weighted by atomic mass is 79.9. The van der Waals surface area contributed by atoms with Gasteiger partial charge in [0.25, 0.3) is 0 Å². The molecule has 0 unspecified atom stereocenters. The zero-order valence-electron chi connectivity index (χ0n) is 15.9. The number of benzene rings is 2. The Morgan fingerprint density at radius 3 is 2.23 bits per heavy atom. The average Bonchev–Trinajstić information content (AvgIpc) is 3.06. The smallest absolute Gasteiger partial charge is 0.407 e. The van der Waals surface area contributed by atoms with E-state index in [1.165, 1.54) is 6.20 Å². The van der Waals surface area contributed by atoms with Crippen molar-refractivity contribution in [3.8, 4) is 11.1 Å². The Morgan fingerprint density at radius 1 is 1.03 bits per heavy atom. The lowest BCUT2D eigenvalue weighted by Crippen LogP contribution is -2.31. The fourth-order valence-corrected chi connectivity index (χ4v) is 4.04. The third-order valence-electron chi connectivity index (χ3n) is 5.17. The van der Waals surface area contributed by atoms with Crippen molar-refractivity contribution in [1.29, 1.82) is 0 Å². The van der Waals surface area contributed by atoms with Crippen molar-refractivity contribution in [3.05, 3.63) is 88.2 Å². The molecule has 0 radical (unpaired) electrons. The normalized spacial score (nSPS) is 13.2. The van der Waals surface area contributed by atoms with E-state index in [2.05, 4.69) is 38.4 Å². The second kappa shape index (κ2) is 8.67. The number of alkyl carbamates (subject to hydrolysis) is 1. The van der Waals surface area contributed by atoms with Gasteiger partial charge in [-0.1, -0.05) is 54.6 Å². The first-order valence-electron chi connectivity index (χ1n) is 9.47. The lowest BCUT2D eigenvalue weighted by molar-refractivity contribution is -0.137. The second-order valence-electron chi connectivity index (χ2n) is 7.03. The Bertz CT molecular complexity index is 1040. The molecule has 3 aromatic rings. The van der Waals surface area contributed by atoms with Crippen LogP contribution in [0.3, 0.4) is 0 Å². The molecule has 1 aromatic heterocycles. The molecule has 0 aliphatic heterocycles. The molecule has 0 fully saturated rings. The van der Waals surface area contributed by atoms with Crippen LogP contribution in [0.1, 0.15) is 35.1 Å². The summed E-state index contributed by atoms with van der Waals surface area (Å²) >= 11 is 3.25. The number of ether oxygens (including phenoxy) is 1. The summed E-state index contributed by atoms with van der Waals surface area (Å²) in [4.78, 5) is 27.9. The van der Waals surface area contributed by atoms with Crippen LogP contribution in [0.2, 0.25) is 0 Å². The fraction of sp³-hybridized carbons (Fsp3) is 0.174. The molecular formula is C23H19BrN2O4. The highest BCUT2D eigenvalue weighted by molar-refractivity contribution is 9.10. The summed E-state index contributed by atoms with van der Waals surface area (Å²) in [5, 5.41) is 11.9. The SMILES string of the molecule is O=C(O)C[C@@H](NC(=O)OCC1c2ccccc2-c2ccccc21)c1ccc(Br)nc1. The Hall–Kier alpha value is -3.19. The molecular weight excluding hydrogens is 448 g/mol. The summed E-state index contributed by atoms with van der Waals surface area (Å²) in [5.41, 5.74) is 5.11. The number of amides is 1. The molecule has 1 heterocycles. The van der Waals surface area contributed by atoms with E-state index in [1.54, 1.807) is 12.1 Å². The monoisotopic (exact) mass is 466 g/mol. The highest BCUT2D eigenvalue weighted by Gasteiger charge is 2.29. The molecule has 1 amide bonds. The zero-order valence-corrected chi connectivity index (χ0v) is 17.5. The lowest BCUT2D eigenvalue weighted by Gasteiger charge is -2.19. The molecule has 0 saturated heterocycles. The van der Waals surface area contributed by atoms with Crippen LogP contribution in [-0.2, 0) is 9.53 Å². The number of carboxylic acid groups (broad SMARTS) is 1. The van der Waals surface area contributed by atoms with Crippen LogP contribution >= 0.6 is 15.9 Å². The third kappa shape index (κ3) is 4.21. The summed E-state index contributed by atoms with van der Waals surface area (Å²) in [5.74, 6) is -1.09. The number of carboxylic acids is 1. The van der Waals surface area contributed by atoms with E-state index in [4.69, 9.17) is 4.74 Å². The van der Waals surface area contributed by atoms with Crippen molar-refractivity contribution in [3.63, 3.8) is 0 Å². The van der Waals surface area contributed by atoms with Gasteiger partial charge in [-0.15, -0.1) is 0 Å². The number of rotatable bonds is 6. The molecule has 1 aliphatic rings. The van der Waals surface area contributed by atoms with Crippen LogP contribution < -0.4 is 5.32 Å². The van der Waals surface area contributed by atoms with Crippen molar-refractivity contribution in [1.82, 2.24) is 10.3 Å². The number of fused-ring (bicyclic) bond motifs is 3. The maximum absolute atomic E-state index is 12.5. The molecule has 7 heteroatoms. The molecule has 0 bridgehead atoms. The summed E-state index contributed by atoms with van der Waals surface area (Å²) in [6.07, 6.45) is 0.598. The van der Waals surface area contributed by atoms with E-state index in [0.717, 1.165) is 22.3 Å². The molecule has 2 N–H and O–H groups in total. The highest BCUT2D eigenvalue weighted by Crippen LogP contribution is 2.44. The lowest BCUT2D eigenvalue weighted by atomic mass is 9.98. The van der Waals surface area contributed by atoms with Crippen LogP contribution in [0.15, 0.2) is 71.5 Å². The molecule has 0 spiro atoms. The van der Waals surface area contributed by atoms with Gasteiger partial charge in [-0.3, -0.25) is 4.79 Å². The van der Waals surface area contributed by atoms with Gasteiger partial charge in [0, 0.05) is 12.1 Å². The van der Waals surface area contributed by atoms with Crippen LogP contribution in [0.4, 0.5) is 4.79 Å². The Morgan fingerprint density at radius 2 is 1.67 bits per heavy atom. The summed E-state index contributed by atoms with van der Waals surface area (Å²) < 4.78 is 6.15. The van der Waals surface area contributed by atoms with Crippen LogP contribution in [0.25, 0.3) is 11.1 Å². The van der Waals surface area contributed by atoms with Crippen molar-refractivity contribution in [2.45, 2.75) is 18.4 Å². The van der Waals surface area contributed by atoms with Gasteiger partial charge in [0.2, 0.25) is 0 Å². The van der Waals surface area contributed by atoms with Gasteiger partial charge in [-0.2, -0.15) is 0 Å². The first-order chi connectivity index (χ1) is 14.5. The molecule has 0 saturated carbocycles. The number of aliphatic carboxylic acids is 1. The maximum Gasteiger partial charge on any atom is 0.407 e. The van der Waals surface area contributed by atoms with E-state index in [-0.39, 0.29) is 18.9 Å². The molecule has 30 heavy (non-hydrogen) atoms. The number of hydrogen-bond donors (Lipinski definition) is 2. The Labute approximate surface area is 182 Å². The van der Waals surface area contributed by atoms with E-state index >= 15 is 0 Å². The van der Waals surface area contributed by atoms with Gasteiger partial charge >= 0.3 is 12.1 Å². The molecule has 2 aromatic carbocycles. The van der Waals surface area contributed by atoms with Crippen molar-refractivity contribution in [2.24, 2.45) is 0 Å². The van der Waals surface area contributed by atoms with Crippen LogP contribution in [-0.4, -0.2) is 28.8 Å². The molecule has 6 nitrogen and oxygen atoms in total. The minimum Gasteiger partial charge on any atom is -0.481 e. The van der Waals surface area contributed by atoms with E-state index < -0.39 is 18.1 Å². The summed E-state index contributed by atoms with van der Waals surface area (Å²) in [6.45, 7) is 0.165. The average molecular weight is 467 g/mol. The topological polar surface area (TPSA) is 88.5 Å². The van der Waals surface area contributed by atoms with E-state index in [1.807, 2.05) is 36.4 Å². The van der Waals surface area contributed by atoms with Crippen molar-refractivity contribution in [2.75, 3.05) is 6.61 Å². The first-order valence-corrected chi connectivity index (χ1v) is 10.3. The summed E-state index contributed by atoms with van der Waals surface area (Å²) in [6, 6.07) is 18.8. The number of hydrogen-bond acceptors (Lipinski definition) is 4. The maximum atomic E-state index is 12.5. The quantitative estimate of drug-likeness (QED) is 0.504. The minimum atomic E-state index is -1.03. The van der Waals surface area contributed by atoms with E-state index in [0.29, 0.717) is 10.2 Å². The number of carbonyl (C=O) groups excluding carboxylic acids is 1. The van der Waals surface area contributed by atoms with Gasteiger partial charge in [0.15, 0.2) is 0 Å². The van der Waals surface area contributed by atoms with E-state index in [9.17, 15) is 14.7 Å². The van der Waals surface area contributed by atoms with Gasteiger partial charge in [0.1, 0.15) is 11.2 Å². The van der Waals surface area contributed by atoms with Gasteiger partial charge in [-0.25, -0.2) is 9.78 Å². The van der Waals surface area contributed by atoms with Gasteiger partial charge in [0.05, 0.1) is 12.5 Å². The molecule has 1 aliphatic carbocycles. The van der Waals surface area contributed by atoms with Gasteiger partial charge in [-0.05, 0) is 49.8 Å².